The summed E-state index contributed by atoms with van der Waals surface area (Å²) < 4.78 is 16.8. The SMILES string of the molecule is CC(NC(=O)c1c(F)ccc2ccn(Cc3ccc(Cl)cc3)c12)[C@H]1CC[C@H](C(=O)O)CC1. The number of amides is 1. The summed E-state index contributed by atoms with van der Waals surface area (Å²) in [5.74, 6) is -1.89. The Hall–Kier alpha value is -2.86. The number of halogens is 2. The Bertz CT molecular complexity index is 1130. The first kappa shape index (κ1) is 22.3. The van der Waals surface area contributed by atoms with Crippen molar-refractivity contribution in [2.24, 2.45) is 11.8 Å². The molecule has 1 amide bonds. The molecule has 0 bridgehead atoms. The normalized spacial score (nSPS) is 19.6. The van der Waals surface area contributed by atoms with E-state index in [1.165, 1.54) is 6.07 Å². The molecule has 3 aromatic rings. The van der Waals surface area contributed by atoms with Crippen LogP contribution in [0.2, 0.25) is 5.02 Å². The molecule has 4 rings (SSSR count). The minimum absolute atomic E-state index is 0.0348. The van der Waals surface area contributed by atoms with Gasteiger partial charge in [0.15, 0.2) is 0 Å². The van der Waals surface area contributed by atoms with E-state index in [1.807, 2.05) is 35.9 Å². The van der Waals surface area contributed by atoms with Gasteiger partial charge in [0.1, 0.15) is 5.82 Å². The highest BCUT2D eigenvalue weighted by Gasteiger charge is 2.30. The zero-order valence-electron chi connectivity index (χ0n) is 17.9. The van der Waals surface area contributed by atoms with E-state index in [0.29, 0.717) is 29.9 Å². The number of hydrogen-bond acceptors (Lipinski definition) is 2. The molecule has 0 aliphatic heterocycles. The average molecular weight is 457 g/mol. The summed E-state index contributed by atoms with van der Waals surface area (Å²) in [6.45, 7) is 2.40. The third-order valence-electron chi connectivity index (χ3n) is 6.56. The minimum atomic E-state index is -0.754. The Kier molecular flexibility index (Phi) is 6.51. The largest absolute Gasteiger partial charge is 0.481 e. The van der Waals surface area contributed by atoms with Crippen LogP contribution in [-0.2, 0) is 11.3 Å². The molecule has 1 saturated carbocycles. The lowest BCUT2D eigenvalue weighted by Gasteiger charge is -2.31. The fourth-order valence-electron chi connectivity index (χ4n) is 4.67. The Morgan fingerprint density at radius 3 is 2.47 bits per heavy atom. The van der Waals surface area contributed by atoms with Gasteiger partial charge in [0.2, 0.25) is 0 Å². The number of fused-ring (bicyclic) bond motifs is 1. The molecular formula is C25H26ClFN2O3. The summed E-state index contributed by atoms with van der Waals surface area (Å²) in [6, 6.07) is 12.1. The third kappa shape index (κ3) is 4.65. The van der Waals surface area contributed by atoms with Crippen molar-refractivity contribution in [1.29, 1.82) is 0 Å². The molecule has 168 valence electrons. The molecule has 1 heterocycles. The molecule has 32 heavy (non-hydrogen) atoms. The first-order chi connectivity index (χ1) is 15.3. The number of benzene rings is 2. The Labute approximate surface area is 191 Å². The van der Waals surface area contributed by atoms with Gasteiger partial charge < -0.3 is 15.0 Å². The lowest BCUT2D eigenvalue weighted by atomic mass is 9.79. The van der Waals surface area contributed by atoms with Crippen LogP contribution < -0.4 is 5.32 Å². The monoisotopic (exact) mass is 456 g/mol. The molecule has 2 aromatic carbocycles. The molecule has 0 spiro atoms. The van der Waals surface area contributed by atoms with Gasteiger partial charge in [0.05, 0.1) is 17.0 Å². The summed E-state index contributed by atoms with van der Waals surface area (Å²) in [7, 11) is 0. The van der Waals surface area contributed by atoms with Crippen LogP contribution in [-0.4, -0.2) is 27.6 Å². The predicted octanol–water partition coefficient (Wildman–Crippen LogP) is 5.49. The number of carboxylic acid groups (broad SMARTS) is 1. The highest BCUT2D eigenvalue weighted by atomic mass is 35.5. The molecule has 1 fully saturated rings. The first-order valence-electron chi connectivity index (χ1n) is 10.9. The van der Waals surface area contributed by atoms with Crippen molar-refractivity contribution in [2.45, 2.75) is 45.2 Å². The number of aliphatic carboxylic acids is 1. The minimum Gasteiger partial charge on any atom is -0.481 e. The maximum Gasteiger partial charge on any atom is 0.306 e. The molecule has 0 radical (unpaired) electrons. The highest BCUT2D eigenvalue weighted by Crippen LogP contribution is 2.31. The Morgan fingerprint density at radius 2 is 1.81 bits per heavy atom. The fraction of sp³-hybridized carbons (Fsp3) is 0.360. The molecular weight excluding hydrogens is 431 g/mol. The second-order valence-electron chi connectivity index (χ2n) is 8.64. The van der Waals surface area contributed by atoms with Crippen LogP contribution >= 0.6 is 11.6 Å². The second kappa shape index (κ2) is 9.33. The van der Waals surface area contributed by atoms with Crippen LogP contribution in [0.3, 0.4) is 0 Å². The zero-order chi connectivity index (χ0) is 22.8. The van der Waals surface area contributed by atoms with Crippen LogP contribution in [0.15, 0.2) is 48.7 Å². The number of carbonyl (C=O) groups is 2. The zero-order valence-corrected chi connectivity index (χ0v) is 18.6. The van der Waals surface area contributed by atoms with Crippen LogP contribution in [0.25, 0.3) is 10.9 Å². The van der Waals surface area contributed by atoms with Gasteiger partial charge in [-0.1, -0.05) is 23.7 Å². The van der Waals surface area contributed by atoms with Crippen molar-refractivity contribution in [3.8, 4) is 0 Å². The lowest BCUT2D eigenvalue weighted by molar-refractivity contribution is -0.143. The maximum absolute atomic E-state index is 14.9. The summed E-state index contributed by atoms with van der Waals surface area (Å²) in [5.41, 5.74) is 1.58. The molecule has 1 aromatic heterocycles. The first-order valence-corrected chi connectivity index (χ1v) is 11.3. The average Bonchev–Trinajstić information content (AvgIpc) is 3.17. The van der Waals surface area contributed by atoms with Gasteiger partial charge in [0.25, 0.3) is 5.91 Å². The number of carbonyl (C=O) groups excluding carboxylic acids is 1. The summed E-state index contributed by atoms with van der Waals surface area (Å²) in [6.07, 6.45) is 4.53. The van der Waals surface area contributed by atoms with Crippen molar-refractivity contribution in [3.05, 3.63) is 70.6 Å². The predicted molar refractivity (Wildman–Crippen MR) is 122 cm³/mol. The maximum atomic E-state index is 14.9. The molecule has 1 atom stereocenters. The molecule has 1 unspecified atom stereocenters. The van der Waals surface area contributed by atoms with Crippen molar-refractivity contribution < 1.29 is 19.1 Å². The molecule has 7 heteroatoms. The van der Waals surface area contributed by atoms with Gasteiger partial charge in [-0.3, -0.25) is 9.59 Å². The van der Waals surface area contributed by atoms with E-state index in [4.69, 9.17) is 11.6 Å². The number of carboxylic acids is 1. The highest BCUT2D eigenvalue weighted by molar-refractivity contribution is 6.30. The topological polar surface area (TPSA) is 71.3 Å². The van der Waals surface area contributed by atoms with Gasteiger partial charge in [-0.05, 0) is 74.4 Å². The van der Waals surface area contributed by atoms with Gasteiger partial charge in [0, 0.05) is 29.2 Å². The third-order valence-corrected chi connectivity index (χ3v) is 6.81. The lowest BCUT2D eigenvalue weighted by Crippen LogP contribution is -2.40. The van der Waals surface area contributed by atoms with E-state index < -0.39 is 17.7 Å². The van der Waals surface area contributed by atoms with Crippen molar-refractivity contribution in [3.63, 3.8) is 0 Å². The van der Waals surface area contributed by atoms with E-state index in [0.717, 1.165) is 23.8 Å². The second-order valence-corrected chi connectivity index (χ2v) is 9.08. The standard InChI is InChI=1S/C25H26ClFN2O3/c1-15(17-4-6-19(7-5-17)25(31)32)28-24(30)22-21(27)11-8-18-12-13-29(23(18)22)14-16-2-9-20(26)10-3-16/h2-3,8-13,15,17,19H,4-7,14H2,1H3,(H,28,30)(H,31,32)/t15?,17-,19-. The molecule has 0 saturated heterocycles. The fourth-order valence-corrected chi connectivity index (χ4v) is 4.79. The quantitative estimate of drug-likeness (QED) is 0.515. The smallest absolute Gasteiger partial charge is 0.306 e. The number of hydrogen-bond donors (Lipinski definition) is 2. The van der Waals surface area contributed by atoms with E-state index in [9.17, 15) is 19.1 Å². The van der Waals surface area contributed by atoms with E-state index in [2.05, 4.69) is 5.32 Å². The number of nitrogens with one attached hydrogen (secondary N) is 1. The molecule has 1 aliphatic rings. The summed E-state index contributed by atoms with van der Waals surface area (Å²) >= 11 is 5.97. The van der Waals surface area contributed by atoms with Crippen molar-refractivity contribution in [1.82, 2.24) is 9.88 Å². The Balaban J connectivity index is 1.55. The van der Waals surface area contributed by atoms with E-state index in [-0.39, 0.29) is 23.4 Å². The summed E-state index contributed by atoms with van der Waals surface area (Å²) in [5, 5.41) is 13.6. The van der Waals surface area contributed by atoms with Gasteiger partial charge in [-0.25, -0.2) is 4.39 Å². The van der Waals surface area contributed by atoms with Gasteiger partial charge in [-0.15, -0.1) is 0 Å². The van der Waals surface area contributed by atoms with Crippen LogP contribution in [0.5, 0.6) is 0 Å². The van der Waals surface area contributed by atoms with Crippen LogP contribution in [0.4, 0.5) is 4.39 Å². The van der Waals surface area contributed by atoms with Gasteiger partial charge in [-0.2, -0.15) is 0 Å². The van der Waals surface area contributed by atoms with Crippen LogP contribution in [0.1, 0.15) is 48.5 Å². The summed E-state index contributed by atoms with van der Waals surface area (Å²) in [4.78, 5) is 24.4. The molecule has 5 nitrogen and oxygen atoms in total. The van der Waals surface area contributed by atoms with Crippen molar-refractivity contribution >= 4 is 34.4 Å². The van der Waals surface area contributed by atoms with Crippen LogP contribution in [0, 0.1) is 17.7 Å². The number of nitrogens with zero attached hydrogens (tertiary/aromatic N) is 1. The Morgan fingerprint density at radius 1 is 1.12 bits per heavy atom. The van der Waals surface area contributed by atoms with Crippen molar-refractivity contribution in [2.75, 3.05) is 0 Å². The van der Waals surface area contributed by atoms with Gasteiger partial charge >= 0.3 is 5.97 Å². The molecule has 2 N–H and O–H groups in total. The molecule has 1 aliphatic carbocycles. The number of aromatic nitrogens is 1. The number of rotatable bonds is 6. The van der Waals surface area contributed by atoms with E-state index >= 15 is 0 Å². The van der Waals surface area contributed by atoms with E-state index in [1.54, 1.807) is 18.2 Å².